The van der Waals surface area contributed by atoms with E-state index in [0.717, 1.165) is 10.8 Å². The van der Waals surface area contributed by atoms with Gasteiger partial charge in [-0.05, 0) is 49.7 Å². The van der Waals surface area contributed by atoms with Crippen molar-refractivity contribution >= 4 is 32.1 Å². The summed E-state index contributed by atoms with van der Waals surface area (Å²) in [6.07, 6.45) is -3.92. The third-order valence-electron chi connectivity index (χ3n) is 6.55. The van der Waals surface area contributed by atoms with Crippen LogP contribution in [0.25, 0.3) is 10.9 Å². The van der Waals surface area contributed by atoms with E-state index in [4.69, 9.17) is 4.74 Å². The number of nitrogens with zero attached hydrogens (tertiary/aromatic N) is 2. The molecule has 210 valence electrons. The first-order valence-electron chi connectivity index (χ1n) is 12.2. The fourth-order valence-corrected chi connectivity index (χ4v) is 5.24. The Morgan fingerprint density at radius 2 is 1.92 bits per heavy atom. The van der Waals surface area contributed by atoms with Gasteiger partial charge in [-0.25, -0.2) is 12.8 Å². The molecule has 0 amide bonds. The molecule has 3 aromatic rings. The Hall–Kier alpha value is -3.43. The maximum absolute atomic E-state index is 14.6. The zero-order chi connectivity index (χ0) is 28.4. The van der Waals surface area contributed by atoms with Crippen LogP contribution in [0.1, 0.15) is 12.1 Å². The van der Waals surface area contributed by atoms with Crippen LogP contribution in [0.3, 0.4) is 0 Å². The molecule has 1 saturated heterocycles. The molecule has 1 aliphatic heterocycles. The third-order valence-corrected chi connectivity index (χ3v) is 7.66. The fourth-order valence-electron chi connectivity index (χ4n) is 4.60. The number of ether oxygens (including phenoxy) is 1. The van der Waals surface area contributed by atoms with E-state index in [1.807, 2.05) is 11.9 Å². The molecule has 0 aliphatic carbocycles. The van der Waals surface area contributed by atoms with Gasteiger partial charge in [-0.2, -0.15) is 13.2 Å². The minimum Gasteiger partial charge on any atom is -0.495 e. The predicted octanol–water partition coefficient (Wildman–Crippen LogP) is 4.53. The van der Waals surface area contributed by atoms with E-state index in [1.165, 1.54) is 25.3 Å². The van der Waals surface area contributed by atoms with Gasteiger partial charge in [0.25, 0.3) is 0 Å². The predicted molar refractivity (Wildman–Crippen MR) is 144 cm³/mol. The molecular formula is C27H30F4N4O3S. The van der Waals surface area contributed by atoms with E-state index in [0.29, 0.717) is 41.0 Å². The summed E-state index contributed by atoms with van der Waals surface area (Å²) < 4.78 is 85.1. The first kappa shape index (κ1) is 28.6. The third kappa shape index (κ3) is 6.96. The lowest BCUT2D eigenvalue weighted by Gasteiger charge is -2.33. The highest BCUT2D eigenvalue weighted by molar-refractivity contribution is 7.90. The van der Waals surface area contributed by atoms with Gasteiger partial charge in [0.05, 0.1) is 41.5 Å². The van der Waals surface area contributed by atoms with Crippen molar-refractivity contribution in [2.24, 2.45) is 0 Å². The summed E-state index contributed by atoms with van der Waals surface area (Å²) in [5, 5.41) is 6.74. The molecule has 0 saturated carbocycles. The SMILES string of the molecule is COc1cc(S(C)(=O)=O)ccc1NCC#Cc1cc2c(NC3CCN(C)C[C@H]3F)cccc2n1CC(F)(F)F. The van der Waals surface area contributed by atoms with E-state index >= 15 is 0 Å². The lowest BCUT2D eigenvalue weighted by molar-refractivity contribution is -0.140. The highest BCUT2D eigenvalue weighted by Gasteiger charge is 2.31. The summed E-state index contributed by atoms with van der Waals surface area (Å²) in [5.74, 6) is 5.95. The molecule has 4 rings (SSSR count). The number of halogens is 4. The summed E-state index contributed by atoms with van der Waals surface area (Å²) in [6.45, 7) is -0.159. The van der Waals surface area contributed by atoms with Crippen molar-refractivity contribution in [3.05, 3.63) is 48.2 Å². The van der Waals surface area contributed by atoms with Crippen LogP contribution in [0.4, 0.5) is 28.9 Å². The highest BCUT2D eigenvalue weighted by Crippen LogP contribution is 2.32. The Bertz CT molecular complexity index is 1510. The Morgan fingerprint density at radius 3 is 2.59 bits per heavy atom. The quantitative estimate of drug-likeness (QED) is 0.323. The molecule has 0 spiro atoms. The van der Waals surface area contributed by atoms with Gasteiger partial charge in [0, 0.05) is 36.5 Å². The van der Waals surface area contributed by atoms with Crippen molar-refractivity contribution in [2.45, 2.75) is 36.3 Å². The lowest BCUT2D eigenvalue weighted by Crippen LogP contribution is -2.46. The molecule has 2 heterocycles. The molecule has 2 aromatic carbocycles. The van der Waals surface area contributed by atoms with E-state index in [-0.39, 0.29) is 23.7 Å². The maximum atomic E-state index is 14.6. The Morgan fingerprint density at radius 1 is 1.15 bits per heavy atom. The molecule has 2 atom stereocenters. The van der Waals surface area contributed by atoms with Gasteiger partial charge < -0.3 is 24.8 Å². The summed E-state index contributed by atoms with van der Waals surface area (Å²) in [6, 6.07) is 10.5. The molecule has 12 heteroatoms. The molecular weight excluding hydrogens is 536 g/mol. The van der Waals surface area contributed by atoms with Crippen molar-refractivity contribution in [2.75, 3.05) is 50.7 Å². The van der Waals surface area contributed by atoms with Crippen LogP contribution in [0.15, 0.2) is 47.4 Å². The molecule has 7 nitrogen and oxygen atoms in total. The number of rotatable bonds is 7. The number of anilines is 2. The van der Waals surface area contributed by atoms with Gasteiger partial charge >= 0.3 is 6.18 Å². The van der Waals surface area contributed by atoms with Crippen molar-refractivity contribution in [3.8, 4) is 17.6 Å². The zero-order valence-electron chi connectivity index (χ0n) is 21.8. The fraction of sp³-hybridized carbons (Fsp3) is 0.407. The topological polar surface area (TPSA) is 75.6 Å². The number of piperidine rings is 1. The minimum absolute atomic E-state index is 0.0619. The van der Waals surface area contributed by atoms with Crippen molar-refractivity contribution in [1.29, 1.82) is 0 Å². The van der Waals surface area contributed by atoms with E-state index < -0.39 is 34.8 Å². The first-order valence-corrected chi connectivity index (χ1v) is 14.1. The standard InChI is InChI=1S/C27H30F4N4O3S/c1-34-13-11-23(21(28)16-34)33-22-7-4-8-25-20(22)14-18(35(25)17-27(29,30)31)6-5-12-32-24-10-9-19(39(3,36)37)15-26(24)38-2/h4,7-10,14-15,21,23,32-33H,11-13,16-17H2,1-3H3/t21-,23?/m1/s1. The van der Waals surface area contributed by atoms with Crippen molar-refractivity contribution < 1.29 is 30.7 Å². The molecule has 0 radical (unpaired) electrons. The number of fused-ring (bicyclic) bond motifs is 1. The second kappa shape index (κ2) is 11.4. The highest BCUT2D eigenvalue weighted by atomic mass is 32.2. The van der Waals surface area contributed by atoms with Crippen molar-refractivity contribution in [3.63, 3.8) is 0 Å². The Balaban J connectivity index is 1.61. The number of sulfone groups is 1. The zero-order valence-corrected chi connectivity index (χ0v) is 22.6. The molecule has 2 N–H and O–H groups in total. The van der Waals surface area contributed by atoms with Gasteiger partial charge in [0.1, 0.15) is 18.5 Å². The second-order valence-corrected chi connectivity index (χ2v) is 11.6. The van der Waals surface area contributed by atoms with Crippen LogP contribution < -0.4 is 15.4 Å². The first-order chi connectivity index (χ1) is 18.4. The van der Waals surface area contributed by atoms with Crippen LogP contribution in [-0.2, 0) is 16.4 Å². The largest absolute Gasteiger partial charge is 0.495 e. The number of hydrogen-bond acceptors (Lipinski definition) is 6. The summed E-state index contributed by atoms with van der Waals surface area (Å²) >= 11 is 0. The average Bonchev–Trinajstić information content (AvgIpc) is 3.19. The number of likely N-dealkylation sites (tertiary alicyclic amines) is 1. The lowest BCUT2D eigenvalue weighted by atomic mass is 10.0. The van der Waals surface area contributed by atoms with E-state index in [2.05, 4.69) is 22.5 Å². The number of aromatic nitrogens is 1. The van der Waals surface area contributed by atoms with Gasteiger partial charge in [0.2, 0.25) is 0 Å². The second-order valence-electron chi connectivity index (χ2n) is 9.58. The van der Waals surface area contributed by atoms with Crippen LogP contribution in [-0.4, -0.2) is 76.3 Å². The average molecular weight is 567 g/mol. The molecule has 0 bridgehead atoms. The van der Waals surface area contributed by atoms with Crippen LogP contribution in [0, 0.1) is 11.8 Å². The monoisotopic (exact) mass is 566 g/mol. The summed E-state index contributed by atoms with van der Waals surface area (Å²) in [7, 11) is -0.176. The van der Waals surface area contributed by atoms with Crippen molar-refractivity contribution in [1.82, 2.24) is 9.47 Å². The Labute approximate surface area is 225 Å². The normalized spacial score (nSPS) is 18.4. The van der Waals surface area contributed by atoms with Gasteiger partial charge in [0.15, 0.2) is 9.84 Å². The molecule has 1 aliphatic rings. The van der Waals surface area contributed by atoms with Gasteiger partial charge in [-0.1, -0.05) is 12.0 Å². The smallest absolute Gasteiger partial charge is 0.406 e. The Kier molecular flexibility index (Phi) is 8.32. The van der Waals surface area contributed by atoms with Gasteiger partial charge in [-0.3, -0.25) is 0 Å². The molecule has 39 heavy (non-hydrogen) atoms. The number of alkyl halides is 4. The van der Waals surface area contributed by atoms with Crippen LogP contribution >= 0.6 is 0 Å². The summed E-state index contributed by atoms with van der Waals surface area (Å²) in [5.41, 5.74) is 1.55. The number of benzene rings is 2. The molecule has 1 unspecified atom stereocenters. The van der Waals surface area contributed by atoms with Crippen LogP contribution in [0.5, 0.6) is 5.75 Å². The molecule has 1 aromatic heterocycles. The molecule has 1 fully saturated rings. The van der Waals surface area contributed by atoms with E-state index in [1.54, 1.807) is 24.3 Å². The number of methoxy groups -OCH3 is 1. The minimum atomic E-state index is -4.48. The van der Waals surface area contributed by atoms with Gasteiger partial charge in [-0.15, -0.1) is 0 Å². The van der Waals surface area contributed by atoms with E-state index in [9.17, 15) is 26.0 Å². The number of hydrogen-bond donors (Lipinski definition) is 2. The summed E-state index contributed by atoms with van der Waals surface area (Å²) in [4.78, 5) is 2.00. The number of nitrogens with one attached hydrogen (secondary N) is 2. The van der Waals surface area contributed by atoms with Crippen LogP contribution in [0.2, 0.25) is 0 Å². The maximum Gasteiger partial charge on any atom is 0.406 e.